The Morgan fingerprint density at radius 1 is 1.19 bits per heavy atom. The number of ether oxygens (including phenoxy) is 1. The molecular formula is C23H25ClF3N3O2. The second-order valence-electron chi connectivity index (χ2n) is 8.09. The van der Waals surface area contributed by atoms with Crippen LogP contribution >= 0.6 is 11.6 Å². The molecule has 2 aromatic carbocycles. The third-order valence-electron chi connectivity index (χ3n) is 6.17. The lowest BCUT2D eigenvalue weighted by Gasteiger charge is -2.49. The first kappa shape index (κ1) is 22.7. The van der Waals surface area contributed by atoms with Crippen LogP contribution in [0.3, 0.4) is 0 Å². The fourth-order valence-corrected chi connectivity index (χ4v) is 4.89. The third kappa shape index (κ3) is 4.52. The molecule has 9 heteroatoms. The summed E-state index contributed by atoms with van der Waals surface area (Å²) in [5.41, 5.74) is 1.52. The molecule has 0 saturated carbocycles. The predicted octanol–water partition coefficient (Wildman–Crippen LogP) is 3.99. The number of methoxy groups -OCH3 is 1. The molecule has 1 N–H and O–H groups in total. The Bertz CT molecular complexity index is 985. The first-order valence-corrected chi connectivity index (χ1v) is 10.9. The number of alkyl halides is 3. The van der Waals surface area contributed by atoms with E-state index in [1.54, 1.807) is 7.11 Å². The van der Waals surface area contributed by atoms with Gasteiger partial charge in [0.25, 0.3) is 0 Å². The van der Waals surface area contributed by atoms with Crippen molar-refractivity contribution < 1.29 is 22.7 Å². The van der Waals surface area contributed by atoms with Crippen LogP contribution in [0.15, 0.2) is 42.5 Å². The van der Waals surface area contributed by atoms with Gasteiger partial charge < -0.3 is 19.9 Å². The molecule has 2 aliphatic heterocycles. The van der Waals surface area contributed by atoms with E-state index in [9.17, 15) is 18.0 Å². The van der Waals surface area contributed by atoms with E-state index in [-0.39, 0.29) is 18.4 Å². The number of carbonyl (C=O) groups excluding carboxylic acids is 1. The molecule has 0 aromatic heterocycles. The molecule has 2 aliphatic rings. The van der Waals surface area contributed by atoms with Gasteiger partial charge in [-0.05, 0) is 42.3 Å². The zero-order valence-electron chi connectivity index (χ0n) is 17.7. The van der Waals surface area contributed by atoms with Crippen molar-refractivity contribution >= 4 is 28.9 Å². The lowest BCUT2D eigenvalue weighted by Crippen LogP contribution is -2.61. The number of hydrogen-bond acceptors (Lipinski definition) is 4. The molecule has 0 aliphatic carbocycles. The van der Waals surface area contributed by atoms with E-state index in [0.29, 0.717) is 43.4 Å². The maximum atomic E-state index is 13.3. The molecule has 4 rings (SSSR count). The zero-order valence-corrected chi connectivity index (χ0v) is 18.4. The lowest BCUT2D eigenvalue weighted by atomic mass is 9.82. The molecule has 2 atom stereocenters. The van der Waals surface area contributed by atoms with Crippen LogP contribution in [0.25, 0.3) is 0 Å². The quantitative estimate of drug-likeness (QED) is 0.675. The summed E-state index contributed by atoms with van der Waals surface area (Å²) in [6, 6.07) is 11.2. The number of benzene rings is 2. The van der Waals surface area contributed by atoms with Crippen molar-refractivity contribution in [2.45, 2.75) is 18.6 Å². The molecule has 32 heavy (non-hydrogen) atoms. The van der Waals surface area contributed by atoms with E-state index in [0.717, 1.165) is 17.4 Å². The molecule has 0 unspecified atom stereocenters. The minimum absolute atomic E-state index is 0.180. The van der Waals surface area contributed by atoms with Crippen LogP contribution in [0.5, 0.6) is 0 Å². The monoisotopic (exact) mass is 467 g/mol. The van der Waals surface area contributed by atoms with E-state index < -0.39 is 17.7 Å². The summed E-state index contributed by atoms with van der Waals surface area (Å²) in [6.07, 6.45) is -4.18. The van der Waals surface area contributed by atoms with Crippen LogP contribution in [0.4, 0.5) is 24.5 Å². The molecule has 2 heterocycles. The Hall–Kier alpha value is -2.45. The molecule has 0 spiro atoms. The van der Waals surface area contributed by atoms with E-state index in [2.05, 4.69) is 15.1 Å². The SMILES string of the molecule is COCCNC(=O)[C@@H]1Cc2cc(C(F)(F)F)ccc2N2CCN(c3ccccc3Cl)C[C@@H]12. The van der Waals surface area contributed by atoms with Crippen molar-refractivity contribution in [2.24, 2.45) is 5.92 Å². The Balaban J connectivity index is 1.66. The molecule has 1 amide bonds. The number of nitrogens with zero attached hydrogens (tertiary/aromatic N) is 2. The molecule has 0 radical (unpaired) electrons. The largest absolute Gasteiger partial charge is 0.416 e. The summed E-state index contributed by atoms with van der Waals surface area (Å²) < 4.78 is 44.9. The van der Waals surface area contributed by atoms with Crippen LogP contribution in [-0.4, -0.2) is 51.8 Å². The van der Waals surface area contributed by atoms with Gasteiger partial charge in [0.2, 0.25) is 5.91 Å². The second-order valence-corrected chi connectivity index (χ2v) is 8.50. The van der Waals surface area contributed by atoms with Gasteiger partial charge in [0.15, 0.2) is 0 Å². The molecular weight excluding hydrogens is 443 g/mol. The smallest absolute Gasteiger partial charge is 0.383 e. The molecule has 1 fully saturated rings. The number of amides is 1. The second kappa shape index (κ2) is 9.19. The summed E-state index contributed by atoms with van der Waals surface area (Å²) in [5, 5.41) is 3.50. The van der Waals surface area contributed by atoms with Gasteiger partial charge in [0.05, 0.1) is 34.8 Å². The number of anilines is 2. The number of para-hydroxylation sites is 1. The zero-order chi connectivity index (χ0) is 22.9. The Kier molecular flexibility index (Phi) is 6.53. The topological polar surface area (TPSA) is 44.8 Å². The fraction of sp³-hybridized carbons (Fsp3) is 0.435. The normalized spacial score (nSPS) is 20.5. The lowest BCUT2D eigenvalue weighted by molar-refractivity contribution is -0.137. The van der Waals surface area contributed by atoms with Gasteiger partial charge in [-0.2, -0.15) is 13.2 Å². The minimum atomic E-state index is -4.43. The van der Waals surface area contributed by atoms with Crippen LogP contribution < -0.4 is 15.1 Å². The molecule has 5 nitrogen and oxygen atoms in total. The van der Waals surface area contributed by atoms with E-state index in [1.165, 1.54) is 12.1 Å². The van der Waals surface area contributed by atoms with E-state index in [4.69, 9.17) is 16.3 Å². The van der Waals surface area contributed by atoms with Crippen LogP contribution in [0, 0.1) is 5.92 Å². The van der Waals surface area contributed by atoms with E-state index >= 15 is 0 Å². The number of carbonyl (C=O) groups is 1. The highest BCUT2D eigenvalue weighted by atomic mass is 35.5. The van der Waals surface area contributed by atoms with Gasteiger partial charge in [-0.3, -0.25) is 4.79 Å². The van der Waals surface area contributed by atoms with Gasteiger partial charge in [-0.25, -0.2) is 0 Å². The Morgan fingerprint density at radius 3 is 2.69 bits per heavy atom. The fourth-order valence-electron chi connectivity index (χ4n) is 4.63. The average Bonchev–Trinajstić information content (AvgIpc) is 2.77. The Morgan fingerprint density at radius 2 is 1.97 bits per heavy atom. The summed E-state index contributed by atoms with van der Waals surface area (Å²) in [7, 11) is 1.55. The number of fused-ring (bicyclic) bond motifs is 3. The van der Waals surface area contributed by atoms with Gasteiger partial charge in [-0.1, -0.05) is 23.7 Å². The van der Waals surface area contributed by atoms with Crippen molar-refractivity contribution in [2.75, 3.05) is 49.7 Å². The Labute approximate surface area is 190 Å². The number of nitrogens with one attached hydrogen (secondary N) is 1. The van der Waals surface area contributed by atoms with E-state index in [1.807, 2.05) is 24.3 Å². The number of piperazine rings is 1. The van der Waals surface area contributed by atoms with Gasteiger partial charge in [0, 0.05) is 39.0 Å². The third-order valence-corrected chi connectivity index (χ3v) is 6.49. The predicted molar refractivity (Wildman–Crippen MR) is 118 cm³/mol. The van der Waals surface area contributed by atoms with Crippen molar-refractivity contribution in [1.29, 1.82) is 0 Å². The number of rotatable bonds is 5. The van der Waals surface area contributed by atoms with Crippen molar-refractivity contribution in [3.63, 3.8) is 0 Å². The first-order valence-electron chi connectivity index (χ1n) is 10.5. The molecule has 2 aromatic rings. The molecule has 172 valence electrons. The number of hydrogen-bond donors (Lipinski definition) is 1. The highest BCUT2D eigenvalue weighted by Crippen LogP contribution is 2.40. The van der Waals surface area contributed by atoms with Crippen LogP contribution in [0.1, 0.15) is 11.1 Å². The summed E-state index contributed by atoms with van der Waals surface area (Å²) in [5.74, 6) is -0.672. The standard InChI is InChI=1S/C23H25ClF3N3O2/c1-32-11-8-28-22(31)17-13-15-12-16(23(25,26)27)6-7-19(15)30-10-9-29(14-21(17)30)20-5-3-2-4-18(20)24/h2-7,12,17,21H,8-11,13-14H2,1H3,(H,28,31)/t17-,21+/m1/s1. The van der Waals surface area contributed by atoms with Crippen molar-refractivity contribution in [1.82, 2.24) is 5.32 Å². The molecule has 0 bridgehead atoms. The maximum absolute atomic E-state index is 13.3. The van der Waals surface area contributed by atoms with Crippen molar-refractivity contribution in [3.05, 3.63) is 58.6 Å². The maximum Gasteiger partial charge on any atom is 0.416 e. The molecule has 1 saturated heterocycles. The highest BCUT2D eigenvalue weighted by Gasteiger charge is 2.43. The van der Waals surface area contributed by atoms with Gasteiger partial charge >= 0.3 is 6.18 Å². The van der Waals surface area contributed by atoms with Gasteiger partial charge in [-0.15, -0.1) is 0 Å². The van der Waals surface area contributed by atoms with Gasteiger partial charge in [0.1, 0.15) is 0 Å². The average molecular weight is 468 g/mol. The van der Waals surface area contributed by atoms with Crippen LogP contribution in [0.2, 0.25) is 5.02 Å². The summed E-state index contributed by atoms with van der Waals surface area (Å²) >= 11 is 6.40. The number of halogens is 4. The highest BCUT2D eigenvalue weighted by molar-refractivity contribution is 6.33. The summed E-state index contributed by atoms with van der Waals surface area (Å²) in [4.78, 5) is 17.3. The van der Waals surface area contributed by atoms with Crippen molar-refractivity contribution in [3.8, 4) is 0 Å². The first-order chi connectivity index (χ1) is 15.3. The minimum Gasteiger partial charge on any atom is -0.383 e. The summed E-state index contributed by atoms with van der Waals surface area (Å²) in [6.45, 7) is 2.50. The van der Waals surface area contributed by atoms with Crippen LogP contribution in [-0.2, 0) is 22.1 Å².